The van der Waals surface area contributed by atoms with Crippen molar-refractivity contribution in [2.45, 2.75) is 64.8 Å². The number of carbonyl (C=O) groups excluding carboxylic acids is 2. The lowest BCUT2D eigenvalue weighted by molar-refractivity contribution is -0.305. The van der Waals surface area contributed by atoms with Gasteiger partial charge in [-0.15, -0.1) is 0 Å². The van der Waals surface area contributed by atoms with Crippen molar-refractivity contribution in [1.82, 2.24) is 4.98 Å². The van der Waals surface area contributed by atoms with Crippen molar-refractivity contribution in [3.8, 4) is 11.5 Å². The Kier molecular flexibility index (Phi) is 6.89. The first kappa shape index (κ1) is 26.4. The number of aryl methyl sites for hydroxylation is 2. The zero-order valence-electron chi connectivity index (χ0n) is 21.3. The monoisotopic (exact) mass is 515 g/mol. The van der Waals surface area contributed by atoms with Gasteiger partial charge in [-0.25, -0.2) is 9.59 Å². The standard InChI is InChI=1S/C26H29NO10/c1-11-7-9-15(27-11)23(31)36-21-19(30)25(37-26(4,5)22(21)33-6)34-16-10-8-14-18(29)17(13(3)28)24(32)35-20(14)12(16)2/h7-10,19,21-22,25,27,29-30H,1-6H3/t19-,21+,22+,25-/m1/s1. The second kappa shape index (κ2) is 9.66. The third kappa shape index (κ3) is 4.73. The third-order valence-corrected chi connectivity index (χ3v) is 6.41. The summed E-state index contributed by atoms with van der Waals surface area (Å²) < 4.78 is 28.5. The minimum absolute atomic E-state index is 0.00872. The van der Waals surface area contributed by atoms with Crippen LogP contribution in [-0.4, -0.2) is 64.3 Å². The van der Waals surface area contributed by atoms with E-state index in [2.05, 4.69) is 4.98 Å². The summed E-state index contributed by atoms with van der Waals surface area (Å²) in [6, 6.07) is 6.20. The SMILES string of the molecule is CO[C@H]1[C@@H](OC(=O)c2ccc(C)[nH]2)[C@@H](O)[C@H](Oc2ccc3c(O)c(C(C)=O)c(=O)oc3c2C)OC1(C)C. The number of carbonyl (C=O) groups is 2. The number of fused-ring (bicyclic) bond motifs is 1. The number of H-pyrrole nitrogens is 1. The van der Waals surface area contributed by atoms with E-state index in [4.69, 9.17) is 23.4 Å². The van der Waals surface area contributed by atoms with Crippen molar-refractivity contribution in [3.05, 3.63) is 57.2 Å². The fourth-order valence-electron chi connectivity index (χ4n) is 4.55. The van der Waals surface area contributed by atoms with E-state index in [9.17, 15) is 24.6 Å². The Hall–Kier alpha value is -3.67. The van der Waals surface area contributed by atoms with Crippen LogP contribution >= 0.6 is 0 Å². The van der Waals surface area contributed by atoms with E-state index in [0.717, 1.165) is 12.6 Å². The highest BCUT2D eigenvalue weighted by Gasteiger charge is 2.53. The number of Topliss-reactive ketones (excluding diaryl/α,β-unsaturated/α-hetero) is 1. The molecule has 2 aromatic heterocycles. The molecule has 11 heteroatoms. The van der Waals surface area contributed by atoms with Crippen LogP contribution in [0.1, 0.15) is 52.9 Å². The Labute approximate surface area is 211 Å². The molecule has 11 nitrogen and oxygen atoms in total. The first-order valence-corrected chi connectivity index (χ1v) is 11.6. The molecule has 198 valence electrons. The first-order valence-electron chi connectivity index (χ1n) is 11.6. The molecule has 0 radical (unpaired) electrons. The van der Waals surface area contributed by atoms with Gasteiger partial charge in [-0.1, -0.05) is 0 Å². The van der Waals surface area contributed by atoms with Crippen LogP contribution in [0.5, 0.6) is 11.5 Å². The third-order valence-electron chi connectivity index (χ3n) is 6.41. The van der Waals surface area contributed by atoms with E-state index in [-0.39, 0.29) is 22.4 Å². The minimum atomic E-state index is -1.46. The average molecular weight is 516 g/mol. The molecule has 1 aliphatic rings. The fourth-order valence-corrected chi connectivity index (χ4v) is 4.55. The highest BCUT2D eigenvalue weighted by Crippen LogP contribution is 2.37. The number of methoxy groups -OCH3 is 1. The Balaban J connectivity index is 1.67. The summed E-state index contributed by atoms with van der Waals surface area (Å²) in [6.07, 6.45) is -4.76. The zero-order valence-corrected chi connectivity index (χ0v) is 21.3. The number of hydrogen-bond donors (Lipinski definition) is 3. The Bertz CT molecular complexity index is 1420. The Morgan fingerprint density at radius 3 is 2.43 bits per heavy atom. The van der Waals surface area contributed by atoms with E-state index in [1.54, 1.807) is 39.8 Å². The number of esters is 1. The van der Waals surface area contributed by atoms with Gasteiger partial charge >= 0.3 is 11.6 Å². The number of aliphatic hydroxyl groups is 1. The van der Waals surface area contributed by atoms with Gasteiger partial charge in [0, 0.05) is 18.4 Å². The number of aromatic hydroxyl groups is 1. The largest absolute Gasteiger partial charge is 0.506 e. The van der Waals surface area contributed by atoms with Crippen LogP contribution in [0, 0.1) is 13.8 Å². The van der Waals surface area contributed by atoms with Crippen LogP contribution in [0.4, 0.5) is 0 Å². The highest BCUT2D eigenvalue weighted by molar-refractivity contribution is 6.02. The molecule has 3 heterocycles. The maximum atomic E-state index is 12.8. The topological polar surface area (TPSA) is 158 Å². The predicted octanol–water partition coefficient (Wildman–Crippen LogP) is 2.76. The smallest absolute Gasteiger partial charge is 0.355 e. The number of aromatic nitrogens is 1. The van der Waals surface area contributed by atoms with Crippen LogP contribution in [0.15, 0.2) is 33.5 Å². The minimum Gasteiger partial charge on any atom is -0.506 e. The van der Waals surface area contributed by atoms with Crippen molar-refractivity contribution < 1.29 is 43.2 Å². The number of rotatable bonds is 6. The quantitative estimate of drug-likeness (QED) is 0.253. The van der Waals surface area contributed by atoms with E-state index in [0.29, 0.717) is 5.56 Å². The lowest BCUT2D eigenvalue weighted by atomic mass is 9.89. The second-order valence-electron chi connectivity index (χ2n) is 9.51. The number of hydrogen-bond acceptors (Lipinski definition) is 10. The number of aromatic amines is 1. The fraction of sp³-hybridized carbons (Fsp3) is 0.423. The lowest BCUT2D eigenvalue weighted by Crippen LogP contribution is -2.65. The molecule has 0 unspecified atom stereocenters. The summed E-state index contributed by atoms with van der Waals surface area (Å²) in [5.74, 6) is -1.63. The summed E-state index contributed by atoms with van der Waals surface area (Å²) in [4.78, 5) is 39.7. The molecule has 1 saturated heterocycles. The van der Waals surface area contributed by atoms with Gasteiger partial charge in [0.1, 0.15) is 34.4 Å². The summed E-state index contributed by atoms with van der Waals surface area (Å²) >= 11 is 0. The van der Waals surface area contributed by atoms with E-state index in [1.165, 1.54) is 19.2 Å². The molecular formula is C26H29NO10. The normalized spacial score (nSPS) is 23.1. The van der Waals surface area contributed by atoms with Gasteiger partial charge in [-0.05, 0) is 58.9 Å². The molecule has 0 spiro atoms. The number of aliphatic hydroxyl groups excluding tert-OH is 1. The summed E-state index contributed by atoms with van der Waals surface area (Å²) in [5.41, 5.74) is -1.17. The Morgan fingerprint density at radius 2 is 1.84 bits per heavy atom. The van der Waals surface area contributed by atoms with Crippen LogP contribution in [0.2, 0.25) is 0 Å². The van der Waals surface area contributed by atoms with Crippen LogP contribution in [-0.2, 0) is 14.2 Å². The molecule has 4 atom stereocenters. The van der Waals surface area contributed by atoms with E-state index in [1.807, 2.05) is 0 Å². The molecule has 3 N–H and O–H groups in total. The maximum Gasteiger partial charge on any atom is 0.355 e. The molecular weight excluding hydrogens is 486 g/mol. The number of ketones is 1. The van der Waals surface area contributed by atoms with Crippen molar-refractivity contribution in [1.29, 1.82) is 0 Å². The Morgan fingerprint density at radius 1 is 1.14 bits per heavy atom. The molecule has 0 bridgehead atoms. The molecule has 37 heavy (non-hydrogen) atoms. The molecule has 1 fully saturated rings. The number of nitrogens with one attached hydrogen (secondary N) is 1. The summed E-state index contributed by atoms with van der Waals surface area (Å²) in [7, 11) is 1.42. The molecule has 0 amide bonds. The molecule has 1 aliphatic heterocycles. The lowest BCUT2D eigenvalue weighted by Gasteiger charge is -2.47. The molecule has 0 saturated carbocycles. The van der Waals surface area contributed by atoms with E-state index >= 15 is 0 Å². The zero-order chi connectivity index (χ0) is 27.2. The number of ether oxygens (including phenoxy) is 4. The van der Waals surface area contributed by atoms with Crippen molar-refractivity contribution in [2.24, 2.45) is 0 Å². The maximum absolute atomic E-state index is 12.8. The van der Waals surface area contributed by atoms with Gasteiger partial charge in [-0.2, -0.15) is 0 Å². The molecule has 0 aliphatic carbocycles. The average Bonchev–Trinajstić information content (AvgIpc) is 3.25. The summed E-state index contributed by atoms with van der Waals surface area (Å²) in [5, 5.41) is 21.8. The van der Waals surface area contributed by atoms with Gasteiger partial charge in [0.05, 0.1) is 11.0 Å². The van der Waals surface area contributed by atoms with Gasteiger partial charge < -0.3 is 38.6 Å². The highest BCUT2D eigenvalue weighted by atomic mass is 16.7. The van der Waals surface area contributed by atoms with Gasteiger partial charge in [0.25, 0.3) is 0 Å². The van der Waals surface area contributed by atoms with Crippen molar-refractivity contribution >= 4 is 22.7 Å². The van der Waals surface area contributed by atoms with Gasteiger partial charge in [0.2, 0.25) is 6.29 Å². The first-order chi connectivity index (χ1) is 17.4. The van der Waals surface area contributed by atoms with Crippen LogP contribution < -0.4 is 10.4 Å². The van der Waals surface area contributed by atoms with Gasteiger partial charge in [0.15, 0.2) is 18.0 Å². The molecule has 3 aromatic rings. The van der Waals surface area contributed by atoms with Gasteiger partial charge in [-0.3, -0.25) is 4.79 Å². The number of benzene rings is 1. The van der Waals surface area contributed by atoms with Crippen molar-refractivity contribution in [3.63, 3.8) is 0 Å². The molecule has 1 aromatic carbocycles. The summed E-state index contributed by atoms with van der Waals surface area (Å²) in [6.45, 7) is 7.93. The van der Waals surface area contributed by atoms with Crippen LogP contribution in [0.25, 0.3) is 11.0 Å². The van der Waals surface area contributed by atoms with E-state index < -0.39 is 58.9 Å². The second-order valence-corrected chi connectivity index (χ2v) is 9.51. The molecule has 4 rings (SSSR count). The van der Waals surface area contributed by atoms with Crippen molar-refractivity contribution in [2.75, 3.05) is 7.11 Å². The predicted molar refractivity (Wildman–Crippen MR) is 130 cm³/mol. The van der Waals surface area contributed by atoms with Crippen LogP contribution in [0.3, 0.4) is 0 Å².